The monoisotopic (exact) mass is 472 g/mol. The van der Waals surface area contributed by atoms with Crippen LogP contribution in [0.1, 0.15) is 28.9 Å². The van der Waals surface area contributed by atoms with E-state index < -0.39 is 0 Å². The number of amides is 1. The molecule has 0 saturated heterocycles. The van der Waals surface area contributed by atoms with Gasteiger partial charge in [-0.05, 0) is 68.2 Å². The van der Waals surface area contributed by atoms with E-state index in [-0.39, 0.29) is 5.91 Å². The number of hydrogen-bond acceptors (Lipinski definition) is 5. The summed E-state index contributed by atoms with van der Waals surface area (Å²) >= 11 is 0. The minimum Gasteiger partial charge on any atom is -0.497 e. The highest BCUT2D eigenvalue weighted by molar-refractivity contribution is 6.05. The summed E-state index contributed by atoms with van der Waals surface area (Å²) in [7, 11) is 5.71. The van der Waals surface area contributed by atoms with E-state index in [9.17, 15) is 4.79 Å². The second-order valence-corrected chi connectivity index (χ2v) is 9.57. The van der Waals surface area contributed by atoms with Crippen LogP contribution in [0.15, 0.2) is 54.9 Å². The Balaban J connectivity index is 1.52. The lowest BCUT2D eigenvalue weighted by Gasteiger charge is -2.25. The molecule has 0 unspecified atom stereocenters. The number of aromatic amines is 1. The van der Waals surface area contributed by atoms with Crippen molar-refractivity contribution in [2.75, 3.05) is 34.3 Å². The van der Waals surface area contributed by atoms with Crippen LogP contribution >= 0.6 is 0 Å². The molecule has 5 rings (SSSR count). The fourth-order valence-corrected chi connectivity index (χ4v) is 4.34. The molecule has 4 aromatic rings. The molecule has 1 saturated carbocycles. The Morgan fingerprint density at radius 1 is 1.14 bits per heavy atom. The lowest BCUT2D eigenvalue weighted by atomic mass is 10.1. The van der Waals surface area contributed by atoms with Crippen LogP contribution in [0, 0.1) is 5.92 Å². The van der Waals surface area contributed by atoms with Gasteiger partial charge in [0, 0.05) is 43.3 Å². The van der Waals surface area contributed by atoms with Crippen molar-refractivity contribution in [1.82, 2.24) is 29.8 Å². The quantitative estimate of drug-likeness (QED) is 0.377. The SMILES string of the molecule is COc1cccc(CN(CCN(C)C)C(=O)c2c3ccc(-c4cn[nH]c4)cc3nn2CC2CC2)c1. The summed E-state index contributed by atoms with van der Waals surface area (Å²) in [6.07, 6.45) is 6.05. The molecule has 2 heterocycles. The zero-order valence-electron chi connectivity index (χ0n) is 20.6. The molecule has 0 radical (unpaired) electrons. The third kappa shape index (κ3) is 5.22. The molecule has 0 aliphatic heterocycles. The second kappa shape index (κ2) is 9.92. The van der Waals surface area contributed by atoms with Gasteiger partial charge in [-0.2, -0.15) is 10.2 Å². The molecule has 35 heavy (non-hydrogen) atoms. The highest BCUT2D eigenvalue weighted by Crippen LogP contribution is 2.33. The molecule has 0 atom stereocenters. The Kier molecular flexibility index (Phi) is 6.55. The van der Waals surface area contributed by atoms with Gasteiger partial charge in [0.05, 0.1) is 18.8 Å². The number of nitrogens with one attached hydrogen (secondary N) is 1. The van der Waals surface area contributed by atoms with Gasteiger partial charge in [-0.15, -0.1) is 0 Å². The van der Waals surface area contributed by atoms with E-state index in [4.69, 9.17) is 9.84 Å². The summed E-state index contributed by atoms with van der Waals surface area (Å²) in [5.74, 6) is 1.39. The summed E-state index contributed by atoms with van der Waals surface area (Å²) in [6.45, 7) is 2.67. The highest BCUT2D eigenvalue weighted by Gasteiger charge is 2.29. The topological polar surface area (TPSA) is 79.3 Å². The van der Waals surface area contributed by atoms with Crippen molar-refractivity contribution in [1.29, 1.82) is 0 Å². The van der Waals surface area contributed by atoms with Gasteiger partial charge in [-0.3, -0.25) is 14.6 Å². The zero-order valence-corrected chi connectivity index (χ0v) is 20.6. The number of H-pyrrole nitrogens is 1. The van der Waals surface area contributed by atoms with Gasteiger partial charge < -0.3 is 14.5 Å². The second-order valence-electron chi connectivity index (χ2n) is 9.57. The average molecular weight is 473 g/mol. The fraction of sp³-hybridized carbons (Fsp3) is 0.370. The van der Waals surface area contributed by atoms with Crippen LogP contribution in [0.3, 0.4) is 0 Å². The van der Waals surface area contributed by atoms with Crippen LogP contribution in [0.4, 0.5) is 0 Å². The van der Waals surface area contributed by atoms with E-state index in [1.54, 1.807) is 13.3 Å². The number of rotatable bonds is 10. The summed E-state index contributed by atoms with van der Waals surface area (Å²) < 4.78 is 7.35. The number of hydrogen-bond donors (Lipinski definition) is 1. The van der Waals surface area contributed by atoms with E-state index in [1.807, 2.05) is 72.3 Å². The number of ether oxygens (including phenoxy) is 1. The molecule has 1 amide bonds. The summed E-state index contributed by atoms with van der Waals surface area (Å²) in [5.41, 5.74) is 4.58. The van der Waals surface area contributed by atoms with Crippen LogP contribution in [0.2, 0.25) is 0 Å². The van der Waals surface area contributed by atoms with Crippen LogP contribution in [0.5, 0.6) is 5.75 Å². The first kappa shape index (κ1) is 23.1. The van der Waals surface area contributed by atoms with E-state index in [2.05, 4.69) is 15.1 Å². The van der Waals surface area contributed by atoms with E-state index in [1.165, 1.54) is 12.8 Å². The van der Waals surface area contributed by atoms with Crippen molar-refractivity contribution < 1.29 is 9.53 Å². The predicted molar refractivity (Wildman–Crippen MR) is 136 cm³/mol. The number of nitrogens with zero attached hydrogens (tertiary/aromatic N) is 5. The number of methoxy groups -OCH3 is 1. The molecule has 2 aromatic carbocycles. The smallest absolute Gasteiger partial charge is 0.273 e. The first-order valence-corrected chi connectivity index (χ1v) is 12.1. The van der Waals surface area contributed by atoms with Gasteiger partial charge in [-0.1, -0.05) is 18.2 Å². The molecule has 1 N–H and O–H groups in total. The Bertz CT molecular complexity index is 1310. The maximum atomic E-state index is 14.1. The number of benzene rings is 2. The van der Waals surface area contributed by atoms with Crippen molar-refractivity contribution in [3.05, 3.63) is 66.1 Å². The fourth-order valence-electron chi connectivity index (χ4n) is 4.34. The van der Waals surface area contributed by atoms with Crippen molar-refractivity contribution in [2.45, 2.75) is 25.9 Å². The molecule has 0 spiro atoms. The maximum absolute atomic E-state index is 14.1. The molecule has 1 aliphatic carbocycles. The van der Waals surface area contributed by atoms with Crippen LogP contribution in [0.25, 0.3) is 22.0 Å². The van der Waals surface area contributed by atoms with Crippen molar-refractivity contribution in [3.63, 3.8) is 0 Å². The minimum atomic E-state index is 0.00822. The number of carbonyl (C=O) groups excluding carboxylic acids is 1. The molecular formula is C27H32N6O2. The molecule has 8 nitrogen and oxygen atoms in total. The average Bonchev–Trinajstić information content (AvgIpc) is 3.36. The molecule has 182 valence electrons. The van der Waals surface area contributed by atoms with Crippen LogP contribution < -0.4 is 4.74 Å². The Labute approximate surface area is 205 Å². The molecule has 1 fully saturated rings. The van der Waals surface area contributed by atoms with Gasteiger partial charge in [-0.25, -0.2) is 0 Å². The third-order valence-corrected chi connectivity index (χ3v) is 6.51. The van der Waals surface area contributed by atoms with E-state index >= 15 is 0 Å². The largest absolute Gasteiger partial charge is 0.497 e. The predicted octanol–water partition coefficient (Wildman–Crippen LogP) is 4.05. The summed E-state index contributed by atoms with van der Waals surface area (Å²) in [4.78, 5) is 18.2. The lowest BCUT2D eigenvalue weighted by Crippen LogP contribution is -2.37. The number of fused-ring (bicyclic) bond motifs is 1. The van der Waals surface area contributed by atoms with Gasteiger partial charge in [0.25, 0.3) is 5.91 Å². The minimum absolute atomic E-state index is 0.00822. The van der Waals surface area contributed by atoms with Gasteiger partial charge in [0.15, 0.2) is 0 Å². The van der Waals surface area contributed by atoms with Crippen LogP contribution in [-0.4, -0.2) is 70.0 Å². The normalized spacial score (nSPS) is 13.5. The van der Waals surface area contributed by atoms with Crippen molar-refractivity contribution >= 4 is 16.8 Å². The van der Waals surface area contributed by atoms with Gasteiger partial charge in [0.1, 0.15) is 11.4 Å². The van der Waals surface area contributed by atoms with Crippen molar-refractivity contribution in [3.8, 4) is 16.9 Å². The van der Waals surface area contributed by atoms with Crippen molar-refractivity contribution in [2.24, 2.45) is 5.92 Å². The first-order valence-electron chi connectivity index (χ1n) is 12.1. The third-order valence-electron chi connectivity index (χ3n) is 6.51. The highest BCUT2D eigenvalue weighted by atomic mass is 16.5. The number of aromatic nitrogens is 4. The summed E-state index contributed by atoms with van der Waals surface area (Å²) in [6, 6.07) is 14.0. The van der Waals surface area contributed by atoms with E-state index in [0.717, 1.165) is 46.4 Å². The molecule has 0 bridgehead atoms. The first-order chi connectivity index (χ1) is 17.0. The summed E-state index contributed by atoms with van der Waals surface area (Å²) in [5, 5.41) is 12.7. The van der Waals surface area contributed by atoms with Gasteiger partial charge >= 0.3 is 0 Å². The molecular weight excluding hydrogens is 440 g/mol. The Morgan fingerprint density at radius 2 is 2.00 bits per heavy atom. The van der Waals surface area contributed by atoms with Crippen LogP contribution in [-0.2, 0) is 13.1 Å². The molecule has 1 aliphatic rings. The Hall–Kier alpha value is -3.65. The standard InChI is InChI=1S/C27H32N6O2/c1-31(2)11-12-32(17-20-5-4-6-23(13-20)35-3)27(34)26-24-10-9-21(22-15-28-29-16-22)14-25(24)30-33(26)18-19-7-8-19/h4-6,9-10,13-16,19H,7-8,11-12,17-18H2,1-3H3,(H,28,29). The lowest BCUT2D eigenvalue weighted by molar-refractivity contribution is 0.0720. The van der Waals surface area contributed by atoms with Gasteiger partial charge in [0.2, 0.25) is 0 Å². The molecule has 8 heteroatoms. The number of likely N-dealkylation sites (N-methyl/N-ethyl adjacent to an activating group) is 1. The number of carbonyl (C=O) groups is 1. The molecule has 2 aromatic heterocycles. The maximum Gasteiger partial charge on any atom is 0.273 e. The van der Waals surface area contributed by atoms with E-state index in [0.29, 0.717) is 24.7 Å². The zero-order chi connectivity index (χ0) is 24.4. The Morgan fingerprint density at radius 3 is 2.71 bits per heavy atom.